The molecular formula is C16H18N2O3S2. The number of carbonyl (C=O) groups excluding carboxylic acids is 1. The van der Waals surface area contributed by atoms with Crippen molar-refractivity contribution in [2.75, 3.05) is 6.54 Å². The van der Waals surface area contributed by atoms with Crippen molar-refractivity contribution in [3.05, 3.63) is 46.4 Å². The maximum Gasteiger partial charge on any atom is 0.220 e. The van der Waals surface area contributed by atoms with Crippen molar-refractivity contribution in [2.45, 2.75) is 36.5 Å². The SMILES string of the molecule is CC(=O)N1CCCC1c1nc(CS(=O)(=O)c2ccccc2)cs1. The van der Waals surface area contributed by atoms with E-state index in [1.54, 1.807) is 42.6 Å². The van der Waals surface area contributed by atoms with Crippen LogP contribution in [-0.4, -0.2) is 30.8 Å². The fourth-order valence-electron chi connectivity index (χ4n) is 2.85. The third-order valence-corrected chi connectivity index (χ3v) is 6.61. The van der Waals surface area contributed by atoms with E-state index in [1.165, 1.54) is 11.3 Å². The van der Waals surface area contributed by atoms with Crippen LogP contribution < -0.4 is 0 Å². The van der Waals surface area contributed by atoms with Crippen molar-refractivity contribution in [3.8, 4) is 0 Å². The summed E-state index contributed by atoms with van der Waals surface area (Å²) in [5.41, 5.74) is 0.546. The first-order valence-electron chi connectivity index (χ1n) is 7.47. The van der Waals surface area contributed by atoms with Crippen molar-refractivity contribution < 1.29 is 13.2 Å². The third-order valence-electron chi connectivity index (χ3n) is 3.95. The molecule has 2 aromatic rings. The summed E-state index contributed by atoms with van der Waals surface area (Å²) >= 11 is 1.43. The lowest BCUT2D eigenvalue weighted by molar-refractivity contribution is -0.129. The predicted molar refractivity (Wildman–Crippen MR) is 88.8 cm³/mol. The Bertz CT molecular complexity index is 800. The Morgan fingerprint density at radius 1 is 1.35 bits per heavy atom. The van der Waals surface area contributed by atoms with Crippen LogP contribution in [-0.2, 0) is 20.4 Å². The van der Waals surface area contributed by atoms with E-state index >= 15 is 0 Å². The molecule has 5 nitrogen and oxygen atoms in total. The minimum Gasteiger partial charge on any atom is -0.333 e. The van der Waals surface area contributed by atoms with Crippen LogP contribution in [0.3, 0.4) is 0 Å². The van der Waals surface area contributed by atoms with Gasteiger partial charge in [-0.3, -0.25) is 4.79 Å². The number of thiazole rings is 1. The first-order chi connectivity index (χ1) is 11.0. The van der Waals surface area contributed by atoms with Gasteiger partial charge >= 0.3 is 0 Å². The summed E-state index contributed by atoms with van der Waals surface area (Å²) in [6.07, 6.45) is 1.85. The molecule has 0 N–H and O–H groups in total. The van der Waals surface area contributed by atoms with Crippen molar-refractivity contribution in [2.24, 2.45) is 0 Å². The quantitative estimate of drug-likeness (QED) is 0.850. The smallest absolute Gasteiger partial charge is 0.220 e. The number of hydrogen-bond acceptors (Lipinski definition) is 5. The molecule has 0 saturated carbocycles. The van der Waals surface area contributed by atoms with Crippen molar-refractivity contribution in [3.63, 3.8) is 0 Å². The molecule has 122 valence electrons. The van der Waals surface area contributed by atoms with E-state index in [4.69, 9.17) is 0 Å². The molecule has 1 aliphatic heterocycles. The van der Waals surface area contributed by atoms with Gasteiger partial charge in [0.15, 0.2) is 9.84 Å². The zero-order chi connectivity index (χ0) is 16.4. The van der Waals surface area contributed by atoms with Crippen LogP contribution in [0.25, 0.3) is 0 Å². The number of benzene rings is 1. The van der Waals surface area contributed by atoms with Gasteiger partial charge in [-0.25, -0.2) is 13.4 Å². The van der Waals surface area contributed by atoms with Crippen LogP contribution in [0, 0.1) is 0 Å². The lowest BCUT2D eigenvalue weighted by Crippen LogP contribution is -2.27. The Morgan fingerprint density at radius 3 is 2.78 bits per heavy atom. The monoisotopic (exact) mass is 350 g/mol. The van der Waals surface area contributed by atoms with E-state index in [0.717, 1.165) is 24.4 Å². The highest BCUT2D eigenvalue weighted by molar-refractivity contribution is 7.90. The zero-order valence-electron chi connectivity index (χ0n) is 12.8. The van der Waals surface area contributed by atoms with Crippen LogP contribution >= 0.6 is 11.3 Å². The van der Waals surface area contributed by atoms with E-state index in [2.05, 4.69) is 4.98 Å². The maximum absolute atomic E-state index is 12.4. The van der Waals surface area contributed by atoms with E-state index < -0.39 is 9.84 Å². The molecular weight excluding hydrogens is 332 g/mol. The zero-order valence-corrected chi connectivity index (χ0v) is 14.4. The number of nitrogens with zero attached hydrogens (tertiary/aromatic N) is 2. The second-order valence-corrected chi connectivity index (χ2v) is 8.50. The average Bonchev–Trinajstić information content (AvgIpc) is 3.16. The summed E-state index contributed by atoms with van der Waals surface area (Å²) in [5.74, 6) is -0.0681. The predicted octanol–water partition coefficient (Wildman–Crippen LogP) is 2.80. The van der Waals surface area contributed by atoms with Gasteiger partial charge in [0.05, 0.1) is 22.4 Å². The second-order valence-electron chi connectivity index (χ2n) is 5.62. The molecule has 1 saturated heterocycles. The van der Waals surface area contributed by atoms with Gasteiger partial charge in [-0.2, -0.15) is 0 Å². The number of sulfone groups is 1. The molecule has 2 heterocycles. The highest BCUT2D eigenvalue weighted by Gasteiger charge is 2.30. The van der Waals surface area contributed by atoms with Gasteiger partial charge in [0, 0.05) is 18.8 Å². The summed E-state index contributed by atoms with van der Waals surface area (Å²) in [5, 5.41) is 2.61. The van der Waals surface area contributed by atoms with Gasteiger partial charge < -0.3 is 4.90 Å². The molecule has 0 bridgehead atoms. The number of carbonyl (C=O) groups is 1. The molecule has 1 aromatic heterocycles. The van der Waals surface area contributed by atoms with Gasteiger partial charge in [-0.05, 0) is 25.0 Å². The molecule has 1 amide bonds. The number of aromatic nitrogens is 1. The summed E-state index contributed by atoms with van der Waals surface area (Å²) in [4.78, 5) is 18.3. The fraction of sp³-hybridized carbons (Fsp3) is 0.375. The van der Waals surface area contributed by atoms with Crippen molar-refractivity contribution in [1.29, 1.82) is 0 Å². The summed E-state index contributed by atoms with van der Waals surface area (Å²) in [7, 11) is -3.39. The van der Waals surface area contributed by atoms with Gasteiger partial charge in [0.2, 0.25) is 5.91 Å². The molecule has 1 atom stereocenters. The fourth-order valence-corrected chi connectivity index (χ4v) is 5.19. The average molecular weight is 350 g/mol. The summed E-state index contributed by atoms with van der Waals surface area (Å²) in [6.45, 7) is 2.31. The molecule has 0 aliphatic carbocycles. The van der Waals surface area contributed by atoms with Crippen LogP contribution in [0.2, 0.25) is 0 Å². The van der Waals surface area contributed by atoms with E-state index in [0.29, 0.717) is 10.6 Å². The first-order valence-corrected chi connectivity index (χ1v) is 10.00. The van der Waals surface area contributed by atoms with Gasteiger partial charge in [-0.1, -0.05) is 18.2 Å². The topological polar surface area (TPSA) is 67.3 Å². The molecule has 1 aliphatic rings. The van der Waals surface area contributed by atoms with Crippen molar-refractivity contribution in [1.82, 2.24) is 9.88 Å². The maximum atomic E-state index is 12.4. The number of hydrogen-bond donors (Lipinski definition) is 0. The van der Waals surface area contributed by atoms with E-state index in [9.17, 15) is 13.2 Å². The largest absolute Gasteiger partial charge is 0.333 e. The minimum absolute atomic E-state index is 0.00863. The molecule has 23 heavy (non-hydrogen) atoms. The number of likely N-dealkylation sites (tertiary alicyclic amines) is 1. The van der Waals surface area contributed by atoms with Crippen LogP contribution in [0.15, 0.2) is 40.6 Å². The van der Waals surface area contributed by atoms with Gasteiger partial charge in [-0.15, -0.1) is 11.3 Å². The van der Waals surface area contributed by atoms with Crippen molar-refractivity contribution >= 4 is 27.1 Å². The Hall–Kier alpha value is -1.73. The Morgan fingerprint density at radius 2 is 2.09 bits per heavy atom. The van der Waals surface area contributed by atoms with Gasteiger partial charge in [0.25, 0.3) is 0 Å². The lowest BCUT2D eigenvalue weighted by atomic mass is 10.2. The molecule has 0 radical (unpaired) electrons. The highest BCUT2D eigenvalue weighted by Crippen LogP contribution is 2.34. The molecule has 1 aromatic carbocycles. The minimum atomic E-state index is -3.39. The highest BCUT2D eigenvalue weighted by atomic mass is 32.2. The van der Waals surface area contributed by atoms with Crippen LogP contribution in [0.1, 0.15) is 36.5 Å². The Kier molecular flexibility index (Phi) is 4.50. The number of amides is 1. The molecule has 1 unspecified atom stereocenters. The Balaban J connectivity index is 1.79. The lowest BCUT2D eigenvalue weighted by Gasteiger charge is -2.21. The molecule has 3 rings (SSSR count). The number of rotatable bonds is 4. The summed E-state index contributed by atoms with van der Waals surface area (Å²) < 4.78 is 24.8. The van der Waals surface area contributed by atoms with E-state index in [1.807, 2.05) is 4.90 Å². The summed E-state index contributed by atoms with van der Waals surface area (Å²) in [6, 6.07) is 8.39. The first kappa shape index (κ1) is 16.1. The molecule has 7 heteroatoms. The normalized spacial score (nSPS) is 18.3. The van der Waals surface area contributed by atoms with Gasteiger partial charge in [0.1, 0.15) is 5.01 Å². The molecule has 0 spiro atoms. The Labute approximate surface area is 139 Å². The van der Waals surface area contributed by atoms with E-state index in [-0.39, 0.29) is 17.7 Å². The van der Waals surface area contributed by atoms with Crippen LogP contribution in [0.4, 0.5) is 0 Å². The van der Waals surface area contributed by atoms with Crippen LogP contribution in [0.5, 0.6) is 0 Å². The molecule has 1 fully saturated rings. The third kappa shape index (κ3) is 3.45. The standard InChI is InChI=1S/C16H18N2O3S2/c1-12(19)18-9-5-8-15(18)16-17-13(10-22-16)11-23(20,21)14-6-3-2-4-7-14/h2-4,6-7,10,15H,5,8-9,11H2,1H3. The second kappa shape index (κ2) is 6.41.